The van der Waals surface area contributed by atoms with Crippen molar-refractivity contribution in [3.63, 3.8) is 0 Å². The fourth-order valence-corrected chi connectivity index (χ4v) is 2.18. The summed E-state index contributed by atoms with van der Waals surface area (Å²) in [5.74, 6) is -0.207. The highest BCUT2D eigenvalue weighted by molar-refractivity contribution is 7.71. The van der Waals surface area contributed by atoms with E-state index >= 15 is 0 Å². The van der Waals surface area contributed by atoms with E-state index in [9.17, 15) is 4.39 Å². The van der Waals surface area contributed by atoms with Crippen LogP contribution < -0.4 is 0 Å². The van der Waals surface area contributed by atoms with E-state index in [4.69, 9.17) is 12.2 Å². The van der Waals surface area contributed by atoms with E-state index in [1.807, 2.05) is 22.9 Å². The number of fused-ring (bicyclic) bond motifs is 1. The molecule has 0 unspecified atom stereocenters. The van der Waals surface area contributed by atoms with Crippen molar-refractivity contribution in [2.45, 2.75) is 6.54 Å². The fourth-order valence-electron chi connectivity index (χ4n) is 1.99. The Bertz CT molecular complexity index is 723. The van der Waals surface area contributed by atoms with Crippen LogP contribution in [0.25, 0.3) is 10.9 Å². The molecular formula is C12H10FN3S. The summed E-state index contributed by atoms with van der Waals surface area (Å²) in [5.41, 5.74) is 1.55. The van der Waals surface area contributed by atoms with Gasteiger partial charge in [0.1, 0.15) is 5.82 Å². The van der Waals surface area contributed by atoms with Crippen molar-refractivity contribution in [3.8, 4) is 0 Å². The summed E-state index contributed by atoms with van der Waals surface area (Å²) in [4.78, 5) is 5.91. The molecule has 0 bridgehead atoms. The van der Waals surface area contributed by atoms with Crippen LogP contribution in [0.1, 0.15) is 5.69 Å². The van der Waals surface area contributed by atoms with Gasteiger partial charge in [0.2, 0.25) is 0 Å². The van der Waals surface area contributed by atoms with E-state index in [0.29, 0.717) is 16.8 Å². The van der Waals surface area contributed by atoms with Gasteiger partial charge in [-0.3, -0.25) is 0 Å². The van der Waals surface area contributed by atoms with Crippen molar-refractivity contribution in [2.24, 2.45) is 0 Å². The number of rotatable bonds is 2. The number of hydrogen-bond acceptors (Lipinski definition) is 1. The Morgan fingerprint density at radius 1 is 1.29 bits per heavy atom. The molecule has 0 atom stereocenters. The molecule has 17 heavy (non-hydrogen) atoms. The molecule has 5 heteroatoms. The molecule has 3 rings (SSSR count). The lowest BCUT2D eigenvalue weighted by Crippen LogP contribution is -1.99. The van der Waals surface area contributed by atoms with Gasteiger partial charge < -0.3 is 14.5 Å². The molecule has 0 spiro atoms. The van der Waals surface area contributed by atoms with Crippen LogP contribution in [0.2, 0.25) is 0 Å². The first-order valence-electron chi connectivity index (χ1n) is 5.24. The summed E-state index contributed by atoms with van der Waals surface area (Å²) in [6.45, 7) is 0.567. The molecular weight excluding hydrogens is 237 g/mol. The highest BCUT2D eigenvalue weighted by atomic mass is 32.1. The van der Waals surface area contributed by atoms with Crippen LogP contribution in [0, 0.1) is 10.6 Å². The molecule has 0 fully saturated rings. The average Bonchev–Trinajstić information content (AvgIpc) is 2.88. The van der Waals surface area contributed by atoms with Crippen LogP contribution in [0.5, 0.6) is 0 Å². The van der Waals surface area contributed by atoms with Gasteiger partial charge in [-0.05, 0) is 24.4 Å². The zero-order valence-corrected chi connectivity index (χ0v) is 9.72. The van der Waals surface area contributed by atoms with Gasteiger partial charge in [-0.25, -0.2) is 4.39 Å². The number of nitrogens with zero attached hydrogens (tertiary/aromatic N) is 1. The third-order valence-corrected chi connectivity index (χ3v) is 2.95. The highest BCUT2D eigenvalue weighted by Gasteiger charge is 2.06. The Morgan fingerprint density at radius 3 is 2.94 bits per heavy atom. The van der Waals surface area contributed by atoms with Crippen molar-refractivity contribution in [2.75, 3.05) is 0 Å². The zero-order chi connectivity index (χ0) is 11.8. The Kier molecular flexibility index (Phi) is 2.33. The minimum atomic E-state index is -0.207. The van der Waals surface area contributed by atoms with Gasteiger partial charge in [0.25, 0.3) is 0 Å². The van der Waals surface area contributed by atoms with Crippen LogP contribution in [0.4, 0.5) is 4.39 Å². The molecule has 0 aliphatic heterocycles. The third kappa shape index (κ3) is 1.78. The standard InChI is InChI=1S/C12H10FN3S/c13-10-3-1-2-8-4-5-16(11(8)10)7-9-6-14-12(17)15-9/h1-6H,7H2,(H2,14,15,17). The minimum absolute atomic E-state index is 0.207. The molecule has 0 amide bonds. The highest BCUT2D eigenvalue weighted by Crippen LogP contribution is 2.19. The van der Waals surface area contributed by atoms with Gasteiger partial charge in [-0.15, -0.1) is 0 Å². The second-order valence-corrected chi connectivity index (χ2v) is 4.30. The number of para-hydroxylation sites is 1. The lowest BCUT2D eigenvalue weighted by molar-refractivity contribution is 0.628. The number of H-pyrrole nitrogens is 2. The molecule has 0 aliphatic carbocycles. The Labute approximate surface area is 102 Å². The zero-order valence-electron chi connectivity index (χ0n) is 8.90. The number of benzene rings is 1. The van der Waals surface area contributed by atoms with E-state index in [0.717, 1.165) is 11.1 Å². The first-order chi connectivity index (χ1) is 8.24. The summed E-state index contributed by atoms with van der Waals surface area (Å²) in [6, 6.07) is 6.98. The predicted molar refractivity (Wildman–Crippen MR) is 67.0 cm³/mol. The van der Waals surface area contributed by atoms with Crippen LogP contribution in [-0.4, -0.2) is 14.5 Å². The van der Waals surface area contributed by atoms with Crippen molar-refractivity contribution < 1.29 is 4.39 Å². The third-order valence-electron chi connectivity index (χ3n) is 2.73. The van der Waals surface area contributed by atoms with Gasteiger partial charge in [-0.1, -0.05) is 12.1 Å². The summed E-state index contributed by atoms with van der Waals surface area (Å²) in [5, 5.41) is 0.902. The molecule has 2 N–H and O–H groups in total. The second kappa shape index (κ2) is 3.85. The van der Waals surface area contributed by atoms with Gasteiger partial charge in [-0.2, -0.15) is 0 Å². The summed E-state index contributed by atoms with van der Waals surface area (Å²) < 4.78 is 16.2. The van der Waals surface area contributed by atoms with E-state index in [2.05, 4.69) is 9.97 Å². The normalized spacial score (nSPS) is 11.1. The summed E-state index contributed by atoms with van der Waals surface area (Å²) in [6.07, 6.45) is 3.67. The number of aromatic amines is 2. The Hall–Kier alpha value is -1.88. The molecule has 0 radical (unpaired) electrons. The lowest BCUT2D eigenvalue weighted by Gasteiger charge is -2.03. The minimum Gasteiger partial charge on any atom is -0.339 e. The summed E-state index contributed by atoms with van der Waals surface area (Å²) in [7, 11) is 0. The van der Waals surface area contributed by atoms with Crippen LogP contribution in [0.3, 0.4) is 0 Å². The number of nitrogens with one attached hydrogen (secondary N) is 2. The van der Waals surface area contributed by atoms with Crippen LogP contribution in [-0.2, 0) is 6.54 Å². The smallest absolute Gasteiger partial charge is 0.174 e. The maximum absolute atomic E-state index is 13.7. The van der Waals surface area contributed by atoms with E-state index in [1.54, 1.807) is 12.3 Å². The van der Waals surface area contributed by atoms with Crippen LogP contribution >= 0.6 is 12.2 Å². The molecule has 86 valence electrons. The first-order valence-corrected chi connectivity index (χ1v) is 5.65. The molecule has 2 heterocycles. The number of imidazole rings is 1. The number of halogens is 1. The number of hydrogen-bond donors (Lipinski definition) is 2. The molecule has 3 nitrogen and oxygen atoms in total. The molecule has 3 aromatic rings. The monoisotopic (exact) mass is 247 g/mol. The SMILES string of the molecule is Fc1cccc2ccn(Cc3c[nH]c(=S)[nH]3)c12. The Balaban J connectivity index is 2.09. The largest absolute Gasteiger partial charge is 0.339 e. The first kappa shape index (κ1) is 10.3. The van der Waals surface area contributed by atoms with Gasteiger partial charge in [0.15, 0.2) is 4.77 Å². The maximum Gasteiger partial charge on any atom is 0.174 e. The molecule has 1 aromatic carbocycles. The van der Waals surface area contributed by atoms with Crippen molar-refractivity contribution in [1.82, 2.24) is 14.5 Å². The van der Waals surface area contributed by atoms with Crippen molar-refractivity contribution in [3.05, 3.63) is 52.9 Å². The predicted octanol–water partition coefficient (Wildman–Crippen LogP) is 3.21. The molecule has 2 aromatic heterocycles. The second-order valence-electron chi connectivity index (χ2n) is 3.89. The topological polar surface area (TPSA) is 36.5 Å². The molecule has 0 aliphatic rings. The van der Waals surface area contributed by atoms with Crippen LogP contribution in [0.15, 0.2) is 36.7 Å². The van der Waals surface area contributed by atoms with Gasteiger partial charge >= 0.3 is 0 Å². The van der Waals surface area contributed by atoms with Crippen molar-refractivity contribution in [1.29, 1.82) is 0 Å². The van der Waals surface area contributed by atoms with E-state index in [-0.39, 0.29) is 5.82 Å². The average molecular weight is 247 g/mol. The number of aromatic nitrogens is 3. The lowest BCUT2D eigenvalue weighted by atomic mass is 10.2. The quantitative estimate of drug-likeness (QED) is 0.670. The summed E-state index contributed by atoms with van der Waals surface area (Å²) >= 11 is 4.96. The Morgan fingerprint density at radius 2 is 2.18 bits per heavy atom. The van der Waals surface area contributed by atoms with Gasteiger partial charge in [0, 0.05) is 17.8 Å². The molecule has 0 saturated carbocycles. The van der Waals surface area contributed by atoms with Gasteiger partial charge in [0.05, 0.1) is 17.8 Å². The van der Waals surface area contributed by atoms with Crippen molar-refractivity contribution >= 4 is 23.1 Å². The van der Waals surface area contributed by atoms with E-state index in [1.165, 1.54) is 6.07 Å². The maximum atomic E-state index is 13.7. The van der Waals surface area contributed by atoms with E-state index < -0.39 is 0 Å². The fraction of sp³-hybridized carbons (Fsp3) is 0.0833. The molecule has 0 saturated heterocycles.